The molecule has 2 unspecified atom stereocenters. The van der Waals surface area contributed by atoms with Gasteiger partial charge in [-0.3, -0.25) is 9.59 Å². The van der Waals surface area contributed by atoms with Crippen molar-refractivity contribution in [3.8, 4) is 0 Å². The fourth-order valence-electron chi connectivity index (χ4n) is 10.9. The van der Waals surface area contributed by atoms with Gasteiger partial charge in [0, 0.05) is 92.4 Å². The molecule has 2 aromatic heterocycles. The van der Waals surface area contributed by atoms with Crippen LogP contribution in [0.2, 0.25) is 0 Å². The monoisotopic (exact) mass is 765 g/mol. The minimum Gasteiger partial charge on any atom is -0.478 e. The van der Waals surface area contributed by atoms with Crippen LogP contribution in [0.1, 0.15) is 102 Å². The Hall–Kier alpha value is -4.15. The zero-order valence-electron chi connectivity index (χ0n) is 33.5. The van der Waals surface area contributed by atoms with Crippen molar-refractivity contribution in [2.24, 2.45) is 43.7 Å². The number of hydrogen-bond acceptors (Lipinski definition) is 6. The van der Waals surface area contributed by atoms with Crippen LogP contribution in [-0.4, -0.2) is 83.1 Å². The first-order valence-corrected chi connectivity index (χ1v) is 21.3. The van der Waals surface area contributed by atoms with E-state index in [1.54, 1.807) is 6.07 Å². The molecular weight excluding hydrogens is 707 g/mol. The van der Waals surface area contributed by atoms with Gasteiger partial charge in [-0.15, -0.1) is 0 Å². The number of nitrogens with zero attached hydrogens (tertiary/aromatic N) is 3. The Labute approximate surface area is 330 Å². The number of amides is 1. The molecule has 9 rings (SSSR count). The number of benzene rings is 2. The summed E-state index contributed by atoms with van der Waals surface area (Å²) in [6, 6.07) is 11.7. The predicted octanol–water partition coefficient (Wildman–Crippen LogP) is 7.53. The van der Waals surface area contributed by atoms with Crippen LogP contribution in [0.15, 0.2) is 36.4 Å². The van der Waals surface area contributed by atoms with Crippen LogP contribution < -0.4 is 0 Å². The highest BCUT2D eigenvalue weighted by atomic mass is 16.5. The third kappa shape index (κ3) is 7.63. The number of fused-ring (bicyclic) bond motifs is 6. The average Bonchev–Trinajstić information content (AvgIpc) is 3.69. The van der Waals surface area contributed by atoms with E-state index in [1.165, 1.54) is 71.9 Å². The van der Waals surface area contributed by atoms with E-state index in [-0.39, 0.29) is 17.8 Å². The van der Waals surface area contributed by atoms with Gasteiger partial charge in [0.25, 0.3) is 5.91 Å². The zero-order chi connectivity index (χ0) is 38.9. The molecule has 300 valence electrons. The Balaban J connectivity index is 0.000000168. The number of esters is 1. The van der Waals surface area contributed by atoms with Gasteiger partial charge in [-0.25, -0.2) is 4.79 Å². The maximum Gasteiger partial charge on any atom is 0.335 e. The standard InChI is InChI=1S/C27H36N2O4.C19H23NO3/c1-3-33-27(31)21-5-4-12-29(17-21)26(30)20-7-9-25-23(16-20)22-15-19(6-8-24(22)28(25)2)18-10-13-32-14-11-18;1-20-17-4-2-13(12-6-8-23-9-7-12)10-15(17)16-11-14(19(21)22)3-5-18(16)20/h7,9,16,18-19,21H,3-6,8,10-15,17H2,1-2H3;3,5,11-13H,2,4,6-10H2,1H3,(H,21,22)/t19?,21-;/m0./s1. The summed E-state index contributed by atoms with van der Waals surface area (Å²) in [5, 5.41) is 11.7. The number of rotatable bonds is 6. The van der Waals surface area contributed by atoms with Crippen LogP contribution in [0.25, 0.3) is 21.8 Å². The lowest BCUT2D eigenvalue weighted by Gasteiger charge is -2.33. The van der Waals surface area contributed by atoms with Crippen LogP contribution in [0.5, 0.6) is 0 Å². The number of likely N-dealkylation sites (tertiary alicyclic amines) is 1. The second-order valence-electron chi connectivity index (χ2n) is 17.0. The molecule has 3 fully saturated rings. The summed E-state index contributed by atoms with van der Waals surface area (Å²) in [6.07, 6.45) is 13.2. The van der Waals surface area contributed by atoms with Gasteiger partial charge in [0.2, 0.25) is 0 Å². The first-order chi connectivity index (χ1) is 27.2. The Morgan fingerprint density at radius 3 is 1.75 bits per heavy atom. The van der Waals surface area contributed by atoms with Crippen molar-refractivity contribution in [2.75, 3.05) is 46.1 Å². The smallest absolute Gasteiger partial charge is 0.335 e. The van der Waals surface area contributed by atoms with Gasteiger partial charge in [-0.05, 0) is 155 Å². The first-order valence-electron chi connectivity index (χ1n) is 21.3. The number of ether oxygens (including phenoxy) is 3. The van der Waals surface area contributed by atoms with Gasteiger partial charge in [0.05, 0.1) is 18.1 Å². The summed E-state index contributed by atoms with van der Waals surface area (Å²) in [6.45, 7) is 6.94. The Kier molecular flexibility index (Phi) is 11.6. The molecule has 5 aliphatic rings. The van der Waals surface area contributed by atoms with Gasteiger partial charge >= 0.3 is 11.9 Å². The van der Waals surface area contributed by atoms with Gasteiger partial charge in [0.15, 0.2) is 0 Å². The highest BCUT2D eigenvalue weighted by Gasteiger charge is 2.34. The van der Waals surface area contributed by atoms with Crippen LogP contribution in [0.4, 0.5) is 0 Å². The van der Waals surface area contributed by atoms with Crippen molar-refractivity contribution in [3.63, 3.8) is 0 Å². The minimum absolute atomic E-state index is 0.0280. The van der Waals surface area contributed by atoms with Crippen molar-refractivity contribution in [1.82, 2.24) is 14.0 Å². The lowest BCUT2D eigenvalue weighted by molar-refractivity contribution is -0.149. The summed E-state index contributed by atoms with van der Waals surface area (Å²) in [5.41, 5.74) is 9.14. The molecule has 5 heterocycles. The summed E-state index contributed by atoms with van der Waals surface area (Å²) >= 11 is 0. The van der Waals surface area contributed by atoms with E-state index in [2.05, 4.69) is 35.4 Å². The average molecular weight is 766 g/mol. The quantitative estimate of drug-likeness (QED) is 0.202. The Bertz CT molecular complexity index is 2080. The molecule has 4 aromatic rings. The molecule has 0 spiro atoms. The second kappa shape index (κ2) is 16.8. The van der Waals surface area contributed by atoms with Crippen molar-refractivity contribution in [1.29, 1.82) is 0 Å². The molecule has 3 aliphatic heterocycles. The summed E-state index contributed by atoms with van der Waals surface area (Å²) in [4.78, 5) is 38.8. The van der Waals surface area contributed by atoms with E-state index < -0.39 is 5.97 Å². The number of aryl methyl sites for hydroxylation is 2. The first kappa shape index (κ1) is 38.7. The predicted molar refractivity (Wildman–Crippen MR) is 216 cm³/mol. The van der Waals surface area contributed by atoms with E-state index in [1.807, 2.05) is 30.0 Å². The molecular formula is C46H59N3O7. The van der Waals surface area contributed by atoms with Crippen molar-refractivity contribution < 1.29 is 33.7 Å². The second-order valence-corrected chi connectivity index (χ2v) is 17.0. The lowest BCUT2D eigenvalue weighted by atomic mass is 9.75. The third-order valence-electron chi connectivity index (χ3n) is 14.0. The Morgan fingerprint density at radius 1 is 0.714 bits per heavy atom. The lowest BCUT2D eigenvalue weighted by Crippen LogP contribution is -2.42. The van der Waals surface area contributed by atoms with Crippen LogP contribution in [-0.2, 0) is 58.8 Å². The molecule has 3 saturated heterocycles. The molecule has 2 aliphatic carbocycles. The van der Waals surface area contributed by atoms with E-state index in [0.717, 1.165) is 93.3 Å². The van der Waals surface area contributed by atoms with Gasteiger partial charge in [0.1, 0.15) is 0 Å². The maximum absolute atomic E-state index is 13.4. The Morgan fingerprint density at radius 2 is 1.23 bits per heavy atom. The fraction of sp³-hybridized carbons (Fsp3) is 0.587. The SMILES string of the molecule is CCOC(=O)[C@H]1CCCN(C(=O)c2ccc3c(c2)c2c(n3C)CCC(C3CCOCC3)C2)C1.Cn1c2c(c3cc(C(=O)O)ccc31)CC(C1CCOCC1)CC2. The molecule has 0 radical (unpaired) electrons. The highest BCUT2D eigenvalue weighted by Crippen LogP contribution is 2.41. The van der Waals surface area contributed by atoms with E-state index in [4.69, 9.17) is 14.2 Å². The van der Waals surface area contributed by atoms with Crippen molar-refractivity contribution >= 4 is 39.7 Å². The summed E-state index contributed by atoms with van der Waals surface area (Å²) in [5.74, 6) is 1.72. The summed E-state index contributed by atoms with van der Waals surface area (Å²) < 4.78 is 20.9. The summed E-state index contributed by atoms with van der Waals surface area (Å²) in [7, 11) is 4.27. The third-order valence-corrected chi connectivity index (χ3v) is 14.0. The largest absolute Gasteiger partial charge is 0.478 e. The number of piperidine rings is 1. The van der Waals surface area contributed by atoms with Crippen molar-refractivity contribution in [3.05, 3.63) is 70.0 Å². The maximum atomic E-state index is 13.4. The van der Waals surface area contributed by atoms with Crippen molar-refractivity contribution in [2.45, 2.75) is 84.0 Å². The molecule has 1 amide bonds. The van der Waals surface area contributed by atoms with Crippen LogP contribution >= 0.6 is 0 Å². The number of carbonyl (C=O) groups excluding carboxylic acids is 2. The molecule has 3 atom stereocenters. The zero-order valence-corrected chi connectivity index (χ0v) is 33.5. The van der Waals surface area contributed by atoms with E-state index in [0.29, 0.717) is 37.1 Å². The van der Waals surface area contributed by atoms with E-state index >= 15 is 0 Å². The number of carboxylic acids is 1. The number of aromatic carboxylic acids is 1. The molecule has 0 bridgehead atoms. The van der Waals surface area contributed by atoms with Crippen LogP contribution in [0.3, 0.4) is 0 Å². The molecule has 1 N–H and O–H groups in total. The normalized spacial score (nSPS) is 23.3. The number of hydrogen-bond donors (Lipinski definition) is 1. The highest BCUT2D eigenvalue weighted by molar-refractivity contribution is 6.00. The number of carbonyl (C=O) groups is 3. The molecule has 56 heavy (non-hydrogen) atoms. The topological polar surface area (TPSA) is 112 Å². The van der Waals surface area contributed by atoms with Gasteiger partial charge < -0.3 is 33.4 Å². The molecule has 2 aromatic carbocycles. The van der Waals surface area contributed by atoms with Gasteiger partial charge in [-0.1, -0.05) is 0 Å². The molecule has 0 saturated carbocycles. The van der Waals surface area contributed by atoms with E-state index in [9.17, 15) is 19.5 Å². The molecule has 10 nitrogen and oxygen atoms in total. The number of aromatic nitrogens is 2. The fourth-order valence-corrected chi connectivity index (χ4v) is 10.9. The molecule has 10 heteroatoms. The van der Waals surface area contributed by atoms with Gasteiger partial charge in [-0.2, -0.15) is 0 Å². The minimum atomic E-state index is -0.846. The van der Waals surface area contributed by atoms with Crippen LogP contribution in [0, 0.1) is 29.6 Å². The number of carboxylic acid groups (broad SMARTS) is 1.